The number of hydrogen-bond acceptors (Lipinski definition) is 7. The molecule has 7 nitrogen and oxygen atoms in total. The van der Waals surface area contributed by atoms with Gasteiger partial charge in [0, 0.05) is 31.2 Å². The first-order valence-corrected chi connectivity index (χ1v) is 10.1. The van der Waals surface area contributed by atoms with Crippen molar-refractivity contribution in [1.29, 1.82) is 0 Å². The van der Waals surface area contributed by atoms with E-state index in [0.717, 1.165) is 23.1 Å². The Morgan fingerprint density at radius 1 is 1.21 bits per heavy atom. The molecule has 0 unspecified atom stereocenters. The van der Waals surface area contributed by atoms with E-state index in [2.05, 4.69) is 14.9 Å². The van der Waals surface area contributed by atoms with Crippen LogP contribution >= 0.6 is 11.3 Å². The third-order valence-corrected chi connectivity index (χ3v) is 5.46. The highest BCUT2D eigenvalue weighted by atomic mass is 32.1. The van der Waals surface area contributed by atoms with Crippen molar-refractivity contribution >= 4 is 38.6 Å². The Morgan fingerprint density at radius 3 is 2.86 bits per heavy atom. The van der Waals surface area contributed by atoms with Gasteiger partial charge in [-0.15, -0.1) is 0 Å². The molecule has 0 bridgehead atoms. The van der Waals surface area contributed by atoms with Gasteiger partial charge >= 0.3 is 0 Å². The summed E-state index contributed by atoms with van der Waals surface area (Å²) in [5, 5.41) is 1.29. The van der Waals surface area contributed by atoms with Crippen LogP contribution in [0.1, 0.15) is 16.8 Å². The number of pyridine rings is 1. The van der Waals surface area contributed by atoms with E-state index >= 15 is 0 Å². The second kappa shape index (κ2) is 8.18. The van der Waals surface area contributed by atoms with Crippen LogP contribution in [0, 0.1) is 0 Å². The summed E-state index contributed by atoms with van der Waals surface area (Å²) in [4.78, 5) is 25.2. The zero-order valence-electron chi connectivity index (χ0n) is 16.6. The topological polar surface area (TPSA) is 71.7 Å². The molecule has 0 N–H and O–H groups in total. The predicted octanol–water partition coefficient (Wildman–Crippen LogP) is 4.25. The molecule has 0 aliphatic rings. The summed E-state index contributed by atoms with van der Waals surface area (Å²) in [5.41, 5.74) is 1.83. The van der Waals surface area contributed by atoms with E-state index in [1.807, 2.05) is 45.4 Å². The Balaban J connectivity index is 1.50. The van der Waals surface area contributed by atoms with E-state index < -0.39 is 0 Å². The van der Waals surface area contributed by atoms with E-state index in [-0.39, 0.29) is 5.91 Å². The van der Waals surface area contributed by atoms with Gasteiger partial charge in [-0.1, -0.05) is 11.3 Å². The van der Waals surface area contributed by atoms with E-state index in [4.69, 9.17) is 9.15 Å². The molecule has 0 saturated carbocycles. The number of carbonyl (C=O) groups excluding carboxylic acids is 1. The van der Waals surface area contributed by atoms with Gasteiger partial charge in [-0.3, -0.25) is 4.79 Å². The van der Waals surface area contributed by atoms with Crippen LogP contribution in [0.2, 0.25) is 0 Å². The molecule has 1 amide bonds. The number of fused-ring (bicyclic) bond motifs is 2. The largest absolute Gasteiger partial charge is 0.463 e. The van der Waals surface area contributed by atoms with Gasteiger partial charge in [0.2, 0.25) is 0 Å². The standard InChI is InChI=1S/C21H22N4O3S/c1-24(2)10-5-11-25(3)20(26)16-13-27-17-12-14(7-8-15(16)17)28-21-23-19-18(29-21)6-4-9-22-19/h4,6-9,12-13H,5,10-11H2,1-3H3. The predicted molar refractivity (Wildman–Crippen MR) is 114 cm³/mol. The lowest BCUT2D eigenvalue weighted by molar-refractivity contribution is 0.0791. The van der Waals surface area contributed by atoms with Crippen molar-refractivity contribution in [2.45, 2.75) is 6.42 Å². The summed E-state index contributed by atoms with van der Waals surface area (Å²) >= 11 is 1.43. The molecule has 3 aromatic heterocycles. The Kier molecular flexibility index (Phi) is 5.46. The fourth-order valence-electron chi connectivity index (χ4n) is 3.06. The van der Waals surface area contributed by atoms with Crippen LogP contribution in [0.5, 0.6) is 10.9 Å². The zero-order chi connectivity index (χ0) is 20.4. The number of thiazole rings is 1. The molecular weight excluding hydrogens is 388 g/mol. The normalized spacial score (nSPS) is 11.4. The van der Waals surface area contributed by atoms with Crippen molar-refractivity contribution in [2.75, 3.05) is 34.2 Å². The number of ether oxygens (including phenoxy) is 1. The maximum Gasteiger partial charge on any atom is 0.281 e. The third-order valence-electron chi connectivity index (χ3n) is 4.57. The minimum Gasteiger partial charge on any atom is -0.463 e. The van der Waals surface area contributed by atoms with Gasteiger partial charge in [0.15, 0.2) is 5.65 Å². The Hall–Kier alpha value is -2.97. The number of aromatic nitrogens is 2. The van der Waals surface area contributed by atoms with Gasteiger partial charge in [0.1, 0.15) is 17.6 Å². The average Bonchev–Trinajstić information content (AvgIpc) is 3.30. The van der Waals surface area contributed by atoms with Crippen molar-refractivity contribution in [2.24, 2.45) is 0 Å². The Labute approximate surface area is 172 Å². The van der Waals surface area contributed by atoms with Crippen LogP contribution in [0.15, 0.2) is 47.2 Å². The van der Waals surface area contributed by atoms with Crippen molar-refractivity contribution in [3.05, 3.63) is 48.4 Å². The number of furan rings is 1. The van der Waals surface area contributed by atoms with Crippen LogP contribution < -0.4 is 4.74 Å². The summed E-state index contributed by atoms with van der Waals surface area (Å²) < 4.78 is 12.5. The smallest absolute Gasteiger partial charge is 0.281 e. The molecule has 0 saturated heterocycles. The second-order valence-electron chi connectivity index (χ2n) is 7.10. The summed E-state index contributed by atoms with van der Waals surface area (Å²) in [7, 11) is 5.86. The van der Waals surface area contributed by atoms with E-state index in [0.29, 0.717) is 34.3 Å². The van der Waals surface area contributed by atoms with Gasteiger partial charge < -0.3 is 19.0 Å². The molecule has 1 aromatic carbocycles. The number of rotatable bonds is 7. The quantitative estimate of drug-likeness (QED) is 0.453. The number of hydrogen-bond donors (Lipinski definition) is 0. The van der Waals surface area contributed by atoms with Gasteiger partial charge in [0.25, 0.3) is 11.1 Å². The van der Waals surface area contributed by atoms with Crippen LogP contribution in [0.4, 0.5) is 0 Å². The van der Waals surface area contributed by atoms with Crippen LogP contribution in [-0.2, 0) is 0 Å². The van der Waals surface area contributed by atoms with Gasteiger partial charge in [-0.05, 0) is 51.3 Å². The molecule has 0 spiro atoms. The first-order valence-electron chi connectivity index (χ1n) is 9.32. The third kappa shape index (κ3) is 4.23. The van der Waals surface area contributed by atoms with Crippen molar-refractivity contribution in [3.8, 4) is 10.9 Å². The van der Waals surface area contributed by atoms with Crippen LogP contribution in [0.3, 0.4) is 0 Å². The summed E-state index contributed by atoms with van der Waals surface area (Å²) in [6, 6.07) is 9.27. The van der Waals surface area contributed by atoms with Gasteiger partial charge in [-0.2, -0.15) is 4.98 Å². The van der Waals surface area contributed by atoms with Crippen LogP contribution in [0.25, 0.3) is 21.3 Å². The van der Waals surface area contributed by atoms with E-state index in [1.165, 1.54) is 17.6 Å². The molecule has 4 rings (SSSR count). The lowest BCUT2D eigenvalue weighted by Gasteiger charge is -2.18. The molecule has 0 radical (unpaired) electrons. The van der Waals surface area contributed by atoms with E-state index in [1.54, 1.807) is 17.2 Å². The molecule has 8 heteroatoms. The molecule has 0 fully saturated rings. The first-order chi connectivity index (χ1) is 14.0. The summed E-state index contributed by atoms with van der Waals surface area (Å²) in [5.74, 6) is 0.553. The number of benzene rings is 1. The molecule has 0 aliphatic heterocycles. The fourth-order valence-corrected chi connectivity index (χ4v) is 3.86. The molecule has 0 aliphatic carbocycles. The molecule has 29 heavy (non-hydrogen) atoms. The average molecular weight is 410 g/mol. The maximum absolute atomic E-state index is 12.8. The second-order valence-corrected chi connectivity index (χ2v) is 8.09. The van der Waals surface area contributed by atoms with Crippen molar-refractivity contribution in [3.63, 3.8) is 0 Å². The highest BCUT2D eigenvalue weighted by Crippen LogP contribution is 2.32. The number of nitrogens with zero attached hydrogens (tertiary/aromatic N) is 4. The Morgan fingerprint density at radius 2 is 2.07 bits per heavy atom. The molecule has 0 atom stereocenters. The monoisotopic (exact) mass is 410 g/mol. The summed E-state index contributed by atoms with van der Waals surface area (Å²) in [6.45, 7) is 1.63. The highest BCUT2D eigenvalue weighted by Gasteiger charge is 2.18. The fraction of sp³-hybridized carbons (Fsp3) is 0.286. The van der Waals surface area contributed by atoms with Crippen molar-refractivity contribution in [1.82, 2.24) is 19.8 Å². The Bertz CT molecular complexity index is 1120. The molecular formula is C21H22N4O3S. The summed E-state index contributed by atoms with van der Waals surface area (Å²) in [6.07, 6.45) is 4.14. The van der Waals surface area contributed by atoms with Gasteiger partial charge in [-0.25, -0.2) is 4.98 Å². The van der Waals surface area contributed by atoms with Crippen molar-refractivity contribution < 1.29 is 13.9 Å². The highest BCUT2D eigenvalue weighted by molar-refractivity contribution is 7.20. The number of amides is 1. The number of carbonyl (C=O) groups is 1. The zero-order valence-corrected chi connectivity index (χ0v) is 17.4. The first kappa shape index (κ1) is 19.4. The minimum atomic E-state index is -0.0478. The lowest BCUT2D eigenvalue weighted by atomic mass is 10.1. The maximum atomic E-state index is 12.8. The SMILES string of the molecule is CN(C)CCCN(C)C(=O)c1coc2cc(Oc3nc4ncccc4s3)ccc12. The molecule has 150 valence electrons. The van der Waals surface area contributed by atoms with Gasteiger partial charge in [0.05, 0.1) is 10.3 Å². The van der Waals surface area contributed by atoms with E-state index in [9.17, 15) is 4.79 Å². The lowest BCUT2D eigenvalue weighted by Crippen LogP contribution is -2.29. The van der Waals surface area contributed by atoms with Crippen LogP contribution in [-0.4, -0.2) is 59.9 Å². The molecule has 4 aromatic rings. The molecule has 3 heterocycles. The minimum absolute atomic E-state index is 0.0478.